The zero-order valence-corrected chi connectivity index (χ0v) is 13.0. The molecule has 0 aliphatic heterocycles. The molecule has 0 amide bonds. The van der Waals surface area contributed by atoms with Gasteiger partial charge in [-0.25, -0.2) is 13.2 Å². The Bertz CT molecular complexity index is 642. The van der Waals surface area contributed by atoms with Crippen molar-refractivity contribution in [2.24, 2.45) is 0 Å². The van der Waals surface area contributed by atoms with E-state index < -0.39 is 28.0 Å². The van der Waals surface area contributed by atoms with E-state index >= 15 is 0 Å². The van der Waals surface area contributed by atoms with Crippen LogP contribution < -0.4 is 4.72 Å². The van der Waals surface area contributed by atoms with Gasteiger partial charge in [0.05, 0.1) is 17.6 Å². The summed E-state index contributed by atoms with van der Waals surface area (Å²) >= 11 is 3.08. The first-order chi connectivity index (χ1) is 9.17. The van der Waals surface area contributed by atoms with Crippen molar-refractivity contribution in [2.45, 2.75) is 17.9 Å². The predicted octanol–water partition coefficient (Wildman–Crippen LogP) is 0.987. The van der Waals surface area contributed by atoms with Gasteiger partial charge in [0.15, 0.2) is 0 Å². The molecule has 0 aromatic heterocycles. The van der Waals surface area contributed by atoms with Gasteiger partial charge in [-0.1, -0.05) is 15.9 Å². The van der Waals surface area contributed by atoms with Crippen molar-refractivity contribution in [3.8, 4) is 0 Å². The van der Waals surface area contributed by atoms with Crippen molar-refractivity contribution in [1.29, 1.82) is 0 Å². The Hall–Kier alpha value is -1.45. The fourth-order valence-electron chi connectivity index (χ4n) is 1.30. The molecule has 0 radical (unpaired) electrons. The smallest absolute Gasteiger partial charge is 0.337 e. The highest BCUT2D eigenvalue weighted by Crippen LogP contribution is 2.20. The van der Waals surface area contributed by atoms with E-state index in [1.54, 1.807) is 0 Å². The topological polar surface area (TPSA) is 110 Å². The van der Waals surface area contributed by atoms with E-state index in [0.29, 0.717) is 4.47 Å². The maximum absolute atomic E-state index is 12.0. The highest BCUT2D eigenvalue weighted by molar-refractivity contribution is 9.10. The molecule has 0 saturated heterocycles. The van der Waals surface area contributed by atoms with Crippen LogP contribution in [0.5, 0.6) is 0 Å². The van der Waals surface area contributed by atoms with Gasteiger partial charge in [-0.3, -0.25) is 4.79 Å². The molecule has 0 fully saturated rings. The Labute approximate surface area is 124 Å². The number of esters is 1. The molecular weight excluding hydrogens is 354 g/mol. The third-order valence-electron chi connectivity index (χ3n) is 2.31. The van der Waals surface area contributed by atoms with E-state index in [2.05, 4.69) is 20.7 Å². The van der Waals surface area contributed by atoms with Crippen molar-refractivity contribution in [1.82, 2.24) is 4.72 Å². The van der Waals surface area contributed by atoms with Gasteiger partial charge >= 0.3 is 11.9 Å². The molecule has 0 saturated carbocycles. The summed E-state index contributed by atoms with van der Waals surface area (Å²) in [5.41, 5.74) is 0.0326. The Morgan fingerprint density at radius 2 is 1.95 bits per heavy atom. The number of ether oxygens (including phenoxy) is 1. The lowest BCUT2D eigenvalue weighted by molar-refractivity contribution is -0.138. The number of sulfonamides is 1. The molecule has 0 aliphatic carbocycles. The summed E-state index contributed by atoms with van der Waals surface area (Å²) in [6, 6.07) is 2.46. The van der Waals surface area contributed by atoms with E-state index in [4.69, 9.17) is 5.11 Å². The standard InChI is InChI=1S/C11H12BrNO6S/c1-6(10(14)15)13-20(17,18)9-4-7(11(16)19-2)3-8(12)5-9/h3-6,13H,1-2H3,(H,14,15)/t6-/m0/s1. The van der Waals surface area contributed by atoms with Gasteiger partial charge in [0.1, 0.15) is 6.04 Å². The molecule has 0 bridgehead atoms. The number of aliphatic carboxylic acids is 1. The molecule has 1 atom stereocenters. The third-order valence-corrected chi connectivity index (χ3v) is 4.28. The molecule has 0 spiro atoms. The van der Waals surface area contributed by atoms with Gasteiger partial charge in [0.2, 0.25) is 10.0 Å². The lowest BCUT2D eigenvalue weighted by Crippen LogP contribution is -2.38. The average Bonchev–Trinajstić information content (AvgIpc) is 2.36. The number of carboxylic acid groups (broad SMARTS) is 1. The van der Waals surface area contributed by atoms with Gasteiger partial charge in [0, 0.05) is 4.47 Å². The van der Waals surface area contributed by atoms with Crippen LogP contribution in [0.1, 0.15) is 17.3 Å². The second-order valence-electron chi connectivity index (χ2n) is 3.85. The maximum atomic E-state index is 12.0. The molecule has 1 rings (SSSR count). The minimum atomic E-state index is -4.06. The number of halogens is 1. The molecule has 0 aliphatic rings. The van der Waals surface area contributed by atoms with Crippen molar-refractivity contribution in [2.75, 3.05) is 7.11 Å². The molecule has 9 heteroatoms. The molecule has 110 valence electrons. The zero-order chi connectivity index (χ0) is 15.5. The van der Waals surface area contributed by atoms with Gasteiger partial charge in [0.25, 0.3) is 0 Å². The molecule has 0 unspecified atom stereocenters. The van der Waals surface area contributed by atoms with Crippen molar-refractivity contribution >= 4 is 37.9 Å². The van der Waals surface area contributed by atoms with Crippen LogP contribution in [0.4, 0.5) is 0 Å². The van der Waals surface area contributed by atoms with Crippen molar-refractivity contribution in [3.05, 3.63) is 28.2 Å². The van der Waals surface area contributed by atoms with Crippen molar-refractivity contribution in [3.63, 3.8) is 0 Å². The first kappa shape index (κ1) is 16.6. The van der Waals surface area contributed by atoms with Crippen LogP contribution >= 0.6 is 15.9 Å². The second-order valence-corrected chi connectivity index (χ2v) is 6.48. The van der Waals surface area contributed by atoms with Gasteiger partial charge in [-0.15, -0.1) is 0 Å². The molecule has 0 heterocycles. The van der Waals surface area contributed by atoms with E-state index in [1.807, 2.05) is 4.72 Å². The van der Waals surface area contributed by atoms with Crippen LogP contribution in [-0.4, -0.2) is 38.6 Å². The van der Waals surface area contributed by atoms with Crippen LogP contribution in [0, 0.1) is 0 Å². The summed E-state index contributed by atoms with van der Waals surface area (Å²) in [5, 5.41) is 8.72. The number of carbonyl (C=O) groups excluding carboxylic acids is 1. The summed E-state index contributed by atoms with van der Waals surface area (Å²) in [6.07, 6.45) is 0. The molecule has 1 aromatic rings. The zero-order valence-electron chi connectivity index (χ0n) is 10.6. The van der Waals surface area contributed by atoms with Gasteiger partial charge < -0.3 is 9.84 Å². The molecule has 20 heavy (non-hydrogen) atoms. The molecular formula is C11H12BrNO6S. The first-order valence-corrected chi connectivity index (χ1v) is 7.59. The number of rotatable bonds is 5. The number of hydrogen-bond acceptors (Lipinski definition) is 5. The van der Waals surface area contributed by atoms with E-state index in [1.165, 1.54) is 26.2 Å². The summed E-state index contributed by atoms with van der Waals surface area (Å²) < 4.78 is 30.9. The fraction of sp³-hybridized carbons (Fsp3) is 0.273. The van der Waals surface area contributed by atoms with Crippen LogP contribution in [0.25, 0.3) is 0 Å². The largest absolute Gasteiger partial charge is 0.480 e. The number of carboxylic acids is 1. The predicted molar refractivity (Wildman–Crippen MR) is 72.9 cm³/mol. The second kappa shape index (κ2) is 6.33. The Morgan fingerprint density at radius 3 is 2.45 bits per heavy atom. The van der Waals surface area contributed by atoms with Crippen LogP contribution in [0.2, 0.25) is 0 Å². The fourth-order valence-corrected chi connectivity index (χ4v) is 3.22. The van der Waals surface area contributed by atoms with Crippen LogP contribution in [0.3, 0.4) is 0 Å². The highest BCUT2D eigenvalue weighted by Gasteiger charge is 2.23. The number of hydrogen-bond donors (Lipinski definition) is 2. The lowest BCUT2D eigenvalue weighted by Gasteiger charge is -2.11. The summed E-state index contributed by atoms with van der Waals surface area (Å²) in [6.45, 7) is 1.19. The summed E-state index contributed by atoms with van der Waals surface area (Å²) in [4.78, 5) is 21.9. The molecule has 2 N–H and O–H groups in total. The minimum Gasteiger partial charge on any atom is -0.480 e. The van der Waals surface area contributed by atoms with Crippen molar-refractivity contribution < 1.29 is 27.9 Å². The SMILES string of the molecule is COC(=O)c1cc(Br)cc(S(=O)(=O)N[C@@H](C)C(=O)O)c1. The van der Waals surface area contributed by atoms with E-state index in [9.17, 15) is 18.0 Å². The molecule has 7 nitrogen and oxygen atoms in total. The Morgan fingerprint density at radius 1 is 1.35 bits per heavy atom. The quantitative estimate of drug-likeness (QED) is 0.752. The number of carbonyl (C=O) groups is 2. The normalized spacial score (nSPS) is 12.8. The number of benzene rings is 1. The monoisotopic (exact) mass is 365 g/mol. The average molecular weight is 366 g/mol. The highest BCUT2D eigenvalue weighted by atomic mass is 79.9. The first-order valence-electron chi connectivity index (χ1n) is 5.31. The maximum Gasteiger partial charge on any atom is 0.337 e. The Balaban J connectivity index is 3.22. The Kier molecular flexibility index (Phi) is 5.26. The summed E-state index contributed by atoms with van der Waals surface area (Å²) in [7, 11) is -2.89. The van der Waals surface area contributed by atoms with Crippen LogP contribution in [-0.2, 0) is 19.6 Å². The minimum absolute atomic E-state index is 0.0326. The van der Waals surface area contributed by atoms with E-state index in [-0.39, 0.29) is 10.5 Å². The van der Waals surface area contributed by atoms with Crippen LogP contribution in [0.15, 0.2) is 27.6 Å². The van der Waals surface area contributed by atoms with E-state index in [0.717, 1.165) is 6.07 Å². The van der Waals surface area contributed by atoms with Gasteiger partial charge in [-0.05, 0) is 25.1 Å². The molecule has 1 aromatic carbocycles. The number of nitrogens with one attached hydrogen (secondary N) is 1. The lowest BCUT2D eigenvalue weighted by atomic mass is 10.2. The number of methoxy groups -OCH3 is 1. The summed E-state index contributed by atoms with van der Waals surface area (Å²) in [5.74, 6) is -2.01. The third kappa shape index (κ3) is 4.02. The van der Waals surface area contributed by atoms with Gasteiger partial charge in [-0.2, -0.15) is 4.72 Å².